The highest BCUT2D eigenvalue weighted by atomic mass is 32.2. The molecule has 7 heteroatoms. The minimum atomic E-state index is -1.10. The van der Waals surface area contributed by atoms with Crippen LogP contribution in [-0.2, 0) is 15.6 Å². The molecule has 0 aliphatic heterocycles. The van der Waals surface area contributed by atoms with Crippen LogP contribution >= 0.6 is 0 Å². The first-order valence-electron chi connectivity index (χ1n) is 5.63. The van der Waals surface area contributed by atoms with Crippen molar-refractivity contribution in [3.05, 3.63) is 30.3 Å². The largest absolute Gasteiger partial charge is 0.480 e. The summed E-state index contributed by atoms with van der Waals surface area (Å²) >= 11 is 0. The van der Waals surface area contributed by atoms with Gasteiger partial charge in [-0.05, 0) is 12.1 Å². The van der Waals surface area contributed by atoms with E-state index in [0.717, 1.165) is 4.90 Å². The van der Waals surface area contributed by atoms with Crippen LogP contribution in [0.3, 0.4) is 0 Å². The van der Waals surface area contributed by atoms with Crippen molar-refractivity contribution in [1.82, 2.24) is 5.32 Å². The predicted octanol–water partition coefficient (Wildman–Crippen LogP) is 0.666. The lowest BCUT2D eigenvalue weighted by Gasteiger charge is -2.21. The van der Waals surface area contributed by atoms with Crippen LogP contribution in [0.1, 0.15) is 0 Å². The number of anilines is 1. The van der Waals surface area contributed by atoms with Crippen molar-refractivity contribution >= 4 is 28.5 Å². The average Bonchev–Trinajstić information content (AvgIpc) is 2.36. The Morgan fingerprint density at radius 1 is 1.32 bits per heavy atom. The zero-order chi connectivity index (χ0) is 14.3. The van der Waals surface area contributed by atoms with Gasteiger partial charge in [0, 0.05) is 35.0 Å². The van der Waals surface area contributed by atoms with Gasteiger partial charge < -0.3 is 10.4 Å². The molecule has 1 aromatic rings. The molecular weight excluding hydrogens is 268 g/mol. The summed E-state index contributed by atoms with van der Waals surface area (Å²) in [6.07, 6.45) is 1.54. The number of hydrogen-bond acceptors (Lipinski definition) is 3. The van der Waals surface area contributed by atoms with Crippen molar-refractivity contribution in [2.45, 2.75) is 0 Å². The van der Waals surface area contributed by atoms with Gasteiger partial charge in [-0.1, -0.05) is 18.2 Å². The monoisotopic (exact) mass is 284 g/mol. The van der Waals surface area contributed by atoms with E-state index in [9.17, 15) is 13.8 Å². The highest BCUT2D eigenvalue weighted by molar-refractivity contribution is 7.84. The second-order valence-corrected chi connectivity index (χ2v) is 5.38. The third-order valence-electron chi connectivity index (χ3n) is 2.27. The molecule has 19 heavy (non-hydrogen) atoms. The Labute approximate surface area is 113 Å². The molecule has 1 rings (SSSR count). The lowest BCUT2D eigenvalue weighted by molar-refractivity contribution is -0.135. The van der Waals surface area contributed by atoms with E-state index in [1.54, 1.807) is 36.6 Å². The number of carboxylic acid groups (broad SMARTS) is 1. The molecule has 0 saturated heterocycles. The fourth-order valence-electron chi connectivity index (χ4n) is 1.42. The van der Waals surface area contributed by atoms with Crippen LogP contribution in [0.2, 0.25) is 0 Å². The van der Waals surface area contributed by atoms with Gasteiger partial charge in [0.05, 0.1) is 0 Å². The summed E-state index contributed by atoms with van der Waals surface area (Å²) in [6.45, 7) is -0.185. The molecular formula is C12H16N2O4S. The topological polar surface area (TPSA) is 86.7 Å². The summed E-state index contributed by atoms with van der Waals surface area (Å²) in [5.74, 6) is -0.764. The molecule has 1 atom stereocenters. The van der Waals surface area contributed by atoms with Gasteiger partial charge in [-0.15, -0.1) is 0 Å². The lowest BCUT2D eigenvalue weighted by Crippen LogP contribution is -2.44. The second kappa shape index (κ2) is 7.52. The van der Waals surface area contributed by atoms with Gasteiger partial charge in [0.1, 0.15) is 6.54 Å². The van der Waals surface area contributed by atoms with E-state index in [1.165, 1.54) is 0 Å². The third kappa shape index (κ3) is 5.52. The number of urea groups is 1. The standard InChI is InChI=1S/C12H16N2O4S/c1-19(18)8-7-13-12(17)14(9-11(15)16)10-5-3-2-4-6-10/h2-6H,7-9H2,1H3,(H,13,17)(H,15,16). The van der Waals surface area contributed by atoms with E-state index in [2.05, 4.69) is 5.32 Å². The molecule has 6 nitrogen and oxygen atoms in total. The first-order valence-corrected chi connectivity index (χ1v) is 7.35. The molecule has 0 radical (unpaired) electrons. The van der Waals surface area contributed by atoms with Gasteiger partial charge in [-0.25, -0.2) is 4.79 Å². The zero-order valence-corrected chi connectivity index (χ0v) is 11.4. The molecule has 0 aromatic heterocycles. The minimum Gasteiger partial charge on any atom is -0.480 e. The summed E-state index contributed by atoms with van der Waals surface area (Å²) in [7, 11) is -1.000. The van der Waals surface area contributed by atoms with E-state index in [-0.39, 0.29) is 6.54 Å². The highest BCUT2D eigenvalue weighted by Crippen LogP contribution is 2.12. The SMILES string of the molecule is CS(=O)CCNC(=O)N(CC(=O)O)c1ccccc1. The predicted molar refractivity (Wildman–Crippen MR) is 73.8 cm³/mol. The highest BCUT2D eigenvalue weighted by Gasteiger charge is 2.18. The first kappa shape index (κ1) is 15.2. The number of amides is 2. The maximum Gasteiger partial charge on any atom is 0.323 e. The fourth-order valence-corrected chi connectivity index (χ4v) is 1.81. The van der Waals surface area contributed by atoms with Crippen molar-refractivity contribution in [2.24, 2.45) is 0 Å². The van der Waals surface area contributed by atoms with Gasteiger partial charge >= 0.3 is 12.0 Å². The molecule has 0 heterocycles. The summed E-state index contributed by atoms with van der Waals surface area (Å²) in [5.41, 5.74) is 0.500. The Hall–Kier alpha value is -1.89. The molecule has 2 N–H and O–H groups in total. The molecule has 0 aliphatic rings. The Morgan fingerprint density at radius 2 is 1.95 bits per heavy atom. The van der Waals surface area contributed by atoms with E-state index >= 15 is 0 Å². The number of rotatable bonds is 6. The quantitative estimate of drug-likeness (QED) is 0.803. The van der Waals surface area contributed by atoms with Crippen molar-refractivity contribution in [2.75, 3.05) is 30.0 Å². The molecule has 104 valence electrons. The zero-order valence-electron chi connectivity index (χ0n) is 10.5. The fraction of sp³-hybridized carbons (Fsp3) is 0.333. The van der Waals surface area contributed by atoms with Crippen LogP contribution in [0.25, 0.3) is 0 Å². The van der Waals surface area contributed by atoms with E-state index in [1.807, 2.05) is 0 Å². The smallest absolute Gasteiger partial charge is 0.323 e. The number of carbonyl (C=O) groups excluding carboxylic acids is 1. The number of hydrogen-bond donors (Lipinski definition) is 2. The van der Waals surface area contributed by atoms with Gasteiger partial charge in [-0.3, -0.25) is 13.9 Å². The van der Waals surface area contributed by atoms with Gasteiger partial charge in [0.15, 0.2) is 0 Å². The molecule has 0 fully saturated rings. The maximum absolute atomic E-state index is 11.9. The van der Waals surface area contributed by atoms with E-state index < -0.39 is 29.3 Å². The Balaban J connectivity index is 2.71. The van der Waals surface area contributed by atoms with Crippen LogP contribution in [0, 0.1) is 0 Å². The molecule has 2 amide bonds. The average molecular weight is 284 g/mol. The summed E-state index contributed by atoms with van der Waals surface area (Å²) in [5, 5.41) is 11.4. The molecule has 0 saturated carbocycles. The van der Waals surface area contributed by atoms with Crippen LogP contribution in [0.5, 0.6) is 0 Å². The number of para-hydroxylation sites is 1. The summed E-state index contributed by atoms with van der Waals surface area (Å²) < 4.78 is 10.9. The van der Waals surface area contributed by atoms with Gasteiger partial charge in [-0.2, -0.15) is 0 Å². The van der Waals surface area contributed by atoms with Gasteiger partial charge in [0.2, 0.25) is 0 Å². The number of benzene rings is 1. The van der Waals surface area contributed by atoms with Crippen molar-refractivity contribution in [3.63, 3.8) is 0 Å². The number of nitrogens with zero attached hydrogens (tertiary/aromatic N) is 1. The number of aliphatic carboxylic acids is 1. The number of carboxylic acids is 1. The van der Waals surface area contributed by atoms with Crippen LogP contribution in [0.15, 0.2) is 30.3 Å². The second-order valence-electron chi connectivity index (χ2n) is 3.82. The molecule has 0 aliphatic carbocycles. The molecule has 0 spiro atoms. The van der Waals surface area contributed by atoms with Crippen LogP contribution in [0.4, 0.5) is 10.5 Å². The Bertz CT molecular complexity index is 464. The summed E-state index contributed by atoms with van der Waals surface area (Å²) in [6, 6.07) is 8.01. The number of carbonyl (C=O) groups is 2. The van der Waals surface area contributed by atoms with Crippen molar-refractivity contribution in [1.29, 1.82) is 0 Å². The third-order valence-corrected chi connectivity index (χ3v) is 3.05. The minimum absolute atomic E-state index is 0.241. The molecule has 0 bridgehead atoms. The van der Waals surface area contributed by atoms with Crippen molar-refractivity contribution in [3.8, 4) is 0 Å². The van der Waals surface area contributed by atoms with Crippen molar-refractivity contribution < 1.29 is 18.9 Å². The Morgan fingerprint density at radius 3 is 2.47 bits per heavy atom. The maximum atomic E-state index is 11.9. The van der Waals surface area contributed by atoms with Crippen LogP contribution < -0.4 is 10.2 Å². The van der Waals surface area contributed by atoms with Crippen LogP contribution in [-0.4, -0.2) is 46.4 Å². The Kier molecular flexibility index (Phi) is 6.01. The molecule has 1 unspecified atom stereocenters. The van der Waals surface area contributed by atoms with Gasteiger partial charge in [0.25, 0.3) is 0 Å². The number of nitrogens with one attached hydrogen (secondary N) is 1. The van der Waals surface area contributed by atoms with E-state index in [4.69, 9.17) is 5.11 Å². The normalized spacial score (nSPS) is 11.6. The summed E-state index contributed by atoms with van der Waals surface area (Å²) in [4.78, 5) is 23.8. The molecule has 1 aromatic carbocycles. The van der Waals surface area contributed by atoms with E-state index in [0.29, 0.717) is 11.4 Å². The first-order chi connectivity index (χ1) is 9.00. The lowest BCUT2D eigenvalue weighted by atomic mass is 10.3.